The first-order valence-electron chi connectivity index (χ1n) is 7.70. The summed E-state index contributed by atoms with van der Waals surface area (Å²) < 4.78 is 0. The highest BCUT2D eigenvalue weighted by Crippen LogP contribution is 2.35. The van der Waals surface area contributed by atoms with Crippen LogP contribution in [0.3, 0.4) is 0 Å². The van der Waals surface area contributed by atoms with E-state index in [0.717, 1.165) is 29.8 Å². The molecule has 2 nitrogen and oxygen atoms in total. The molecule has 2 rings (SSSR count). The van der Waals surface area contributed by atoms with Gasteiger partial charge in [-0.15, -0.1) is 0 Å². The first-order chi connectivity index (χ1) is 9.52. The molecule has 3 atom stereocenters. The third kappa shape index (κ3) is 3.55. The zero-order valence-electron chi connectivity index (χ0n) is 12.4. The van der Waals surface area contributed by atoms with Crippen molar-refractivity contribution in [3.05, 3.63) is 33.8 Å². The number of fused-ring (bicyclic) bond motifs is 1. The molecule has 0 amide bonds. The van der Waals surface area contributed by atoms with Gasteiger partial charge in [0.1, 0.15) is 0 Å². The second-order valence-electron chi connectivity index (χ2n) is 6.00. The lowest BCUT2D eigenvalue weighted by Crippen LogP contribution is -2.25. The lowest BCUT2D eigenvalue weighted by Gasteiger charge is -2.25. The maximum Gasteiger partial charge on any atom is 0.0802 e. The van der Waals surface area contributed by atoms with E-state index in [-0.39, 0.29) is 5.92 Å². The molecular formula is C17H25ClO2. The molecule has 0 heterocycles. The summed E-state index contributed by atoms with van der Waals surface area (Å²) in [7, 11) is 0. The van der Waals surface area contributed by atoms with Crippen LogP contribution in [-0.2, 0) is 12.8 Å². The molecule has 1 aromatic carbocycles. The first-order valence-corrected chi connectivity index (χ1v) is 8.08. The molecule has 2 N–H and O–H groups in total. The molecule has 0 saturated heterocycles. The normalized spacial score (nSPS) is 19.2. The lowest BCUT2D eigenvalue weighted by atomic mass is 9.84. The molecule has 0 spiro atoms. The van der Waals surface area contributed by atoms with Crippen LogP contribution in [-0.4, -0.2) is 22.4 Å². The van der Waals surface area contributed by atoms with E-state index >= 15 is 0 Å². The van der Waals surface area contributed by atoms with Gasteiger partial charge in [0.15, 0.2) is 0 Å². The van der Waals surface area contributed by atoms with Crippen molar-refractivity contribution in [1.29, 1.82) is 0 Å². The summed E-state index contributed by atoms with van der Waals surface area (Å²) in [5.74, 6) is 0.208. The third-order valence-electron chi connectivity index (χ3n) is 4.48. The monoisotopic (exact) mass is 296 g/mol. The van der Waals surface area contributed by atoms with Crippen molar-refractivity contribution in [2.45, 2.75) is 70.5 Å². The summed E-state index contributed by atoms with van der Waals surface area (Å²) in [5, 5.41) is 20.2. The van der Waals surface area contributed by atoms with Crippen LogP contribution in [0.25, 0.3) is 0 Å². The number of aliphatic hydroxyl groups is 2. The van der Waals surface area contributed by atoms with Crippen LogP contribution in [0.15, 0.2) is 12.1 Å². The van der Waals surface area contributed by atoms with E-state index in [1.165, 1.54) is 24.0 Å². The second-order valence-corrected chi connectivity index (χ2v) is 6.41. The summed E-state index contributed by atoms with van der Waals surface area (Å²) in [6.45, 7) is 3.74. The van der Waals surface area contributed by atoms with Gasteiger partial charge in [0.25, 0.3) is 0 Å². The molecule has 0 radical (unpaired) electrons. The van der Waals surface area contributed by atoms with Crippen LogP contribution >= 0.6 is 11.6 Å². The molecule has 3 unspecified atom stereocenters. The number of rotatable bonds is 5. The van der Waals surface area contributed by atoms with Crippen LogP contribution in [0.1, 0.15) is 62.1 Å². The van der Waals surface area contributed by atoms with Crippen LogP contribution in [0, 0.1) is 0 Å². The Morgan fingerprint density at radius 2 is 1.75 bits per heavy atom. The Labute approximate surface area is 126 Å². The highest BCUT2D eigenvalue weighted by atomic mass is 35.5. The molecule has 3 heteroatoms. The number of hydrogen-bond acceptors (Lipinski definition) is 2. The highest BCUT2D eigenvalue weighted by Gasteiger charge is 2.22. The minimum Gasteiger partial charge on any atom is -0.391 e. The molecule has 0 fully saturated rings. The van der Waals surface area contributed by atoms with Gasteiger partial charge in [-0.1, -0.05) is 24.6 Å². The van der Waals surface area contributed by atoms with Crippen molar-refractivity contribution in [2.75, 3.05) is 0 Å². The topological polar surface area (TPSA) is 40.5 Å². The van der Waals surface area contributed by atoms with Gasteiger partial charge in [-0.2, -0.15) is 0 Å². The van der Waals surface area contributed by atoms with Crippen molar-refractivity contribution in [3.63, 3.8) is 0 Å². The van der Waals surface area contributed by atoms with Crippen molar-refractivity contribution in [1.82, 2.24) is 0 Å². The standard InChI is InChI=1S/C17H25ClO2/c1-3-12(10-17(20)11(2)19)15-8-13-6-4-5-7-14(13)9-16(15)18/h8-9,11-12,17,19-20H,3-7,10H2,1-2H3. The van der Waals surface area contributed by atoms with Gasteiger partial charge in [-0.3, -0.25) is 0 Å². The fraction of sp³-hybridized carbons (Fsp3) is 0.647. The van der Waals surface area contributed by atoms with E-state index in [0.29, 0.717) is 6.42 Å². The SMILES string of the molecule is CCC(CC(O)C(C)O)c1cc2c(cc1Cl)CCCC2. The predicted octanol–water partition coefficient (Wildman–Crippen LogP) is 3.84. The molecular weight excluding hydrogens is 272 g/mol. The molecule has 20 heavy (non-hydrogen) atoms. The molecule has 1 aromatic rings. The van der Waals surface area contributed by atoms with Crippen LogP contribution < -0.4 is 0 Å². The third-order valence-corrected chi connectivity index (χ3v) is 4.80. The molecule has 0 saturated carbocycles. The van der Waals surface area contributed by atoms with Crippen molar-refractivity contribution < 1.29 is 10.2 Å². The fourth-order valence-corrected chi connectivity index (χ4v) is 3.43. The Balaban J connectivity index is 2.25. The summed E-state index contributed by atoms with van der Waals surface area (Å²) in [4.78, 5) is 0. The van der Waals surface area contributed by atoms with Crippen molar-refractivity contribution in [2.24, 2.45) is 0 Å². The number of aryl methyl sites for hydroxylation is 2. The molecule has 1 aliphatic rings. The average Bonchev–Trinajstić information content (AvgIpc) is 2.43. The fourth-order valence-electron chi connectivity index (χ4n) is 3.09. The summed E-state index contributed by atoms with van der Waals surface area (Å²) >= 11 is 6.45. The van der Waals surface area contributed by atoms with E-state index in [1.54, 1.807) is 6.92 Å². The number of aliphatic hydroxyl groups excluding tert-OH is 2. The minimum atomic E-state index is -0.694. The Hall–Kier alpha value is -0.570. The molecule has 0 bridgehead atoms. The maximum absolute atomic E-state index is 9.93. The van der Waals surface area contributed by atoms with E-state index in [1.807, 2.05) is 0 Å². The average molecular weight is 297 g/mol. The predicted molar refractivity (Wildman–Crippen MR) is 83.4 cm³/mol. The molecule has 112 valence electrons. The summed E-state index contributed by atoms with van der Waals surface area (Å²) in [6, 6.07) is 4.35. The number of hydrogen-bond donors (Lipinski definition) is 2. The van der Waals surface area contributed by atoms with Gasteiger partial charge in [-0.25, -0.2) is 0 Å². The number of benzene rings is 1. The Morgan fingerprint density at radius 1 is 1.15 bits per heavy atom. The lowest BCUT2D eigenvalue weighted by molar-refractivity contribution is 0.0215. The molecule has 0 aliphatic heterocycles. The Bertz CT molecular complexity index is 457. The van der Waals surface area contributed by atoms with Gasteiger partial charge in [0, 0.05) is 5.02 Å². The van der Waals surface area contributed by atoms with E-state index in [2.05, 4.69) is 19.1 Å². The summed E-state index contributed by atoms with van der Waals surface area (Å²) in [5.41, 5.74) is 3.94. The number of halogens is 1. The maximum atomic E-state index is 9.93. The molecule has 1 aliphatic carbocycles. The zero-order chi connectivity index (χ0) is 14.7. The van der Waals surface area contributed by atoms with Crippen LogP contribution in [0.5, 0.6) is 0 Å². The zero-order valence-corrected chi connectivity index (χ0v) is 13.2. The van der Waals surface area contributed by atoms with E-state index < -0.39 is 12.2 Å². The Morgan fingerprint density at radius 3 is 2.30 bits per heavy atom. The van der Waals surface area contributed by atoms with Crippen molar-refractivity contribution >= 4 is 11.6 Å². The summed E-state index contributed by atoms with van der Waals surface area (Å²) in [6.07, 6.45) is 4.86. The largest absolute Gasteiger partial charge is 0.391 e. The second kappa shape index (κ2) is 6.93. The van der Waals surface area contributed by atoms with Crippen LogP contribution in [0.4, 0.5) is 0 Å². The minimum absolute atomic E-state index is 0.208. The van der Waals surface area contributed by atoms with Gasteiger partial charge in [0.05, 0.1) is 12.2 Å². The van der Waals surface area contributed by atoms with Gasteiger partial charge < -0.3 is 10.2 Å². The quantitative estimate of drug-likeness (QED) is 0.866. The van der Waals surface area contributed by atoms with Crippen molar-refractivity contribution in [3.8, 4) is 0 Å². The van der Waals surface area contributed by atoms with Gasteiger partial charge in [0.2, 0.25) is 0 Å². The van der Waals surface area contributed by atoms with E-state index in [4.69, 9.17) is 11.6 Å². The molecule has 0 aromatic heterocycles. The highest BCUT2D eigenvalue weighted by molar-refractivity contribution is 6.31. The Kier molecular flexibility index (Phi) is 5.48. The van der Waals surface area contributed by atoms with Gasteiger partial charge >= 0.3 is 0 Å². The first kappa shape index (κ1) is 15.8. The van der Waals surface area contributed by atoms with E-state index in [9.17, 15) is 10.2 Å². The smallest absolute Gasteiger partial charge is 0.0802 e. The van der Waals surface area contributed by atoms with Gasteiger partial charge in [-0.05, 0) is 74.1 Å². The van der Waals surface area contributed by atoms with Crippen LogP contribution in [0.2, 0.25) is 5.02 Å².